The average Bonchev–Trinajstić information content (AvgIpc) is 2.86. The Morgan fingerprint density at radius 3 is 2.52 bits per heavy atom. The number of fused-ring (bicyclic) bond motifs is 1. The molecule has 1 N–H and O–H groups in total. The first-order chi connectivity index (χ1) is 12.2. The third kappa shape index (κ3) is 4.96. The predicted octanol–water partition coefficient (Wildman–Crippen LogP) is 5.08. The van der Waals surface area contributed by atoms with Crippen LogP contribution in [0.4, 0.5) is 5.69 Å². The van der Waals surface area contributed by atoms with Crippen molar-refractivity contribution in [3.63, 3.8) is 0 Å². The van der Waals surface area contributed by atoms with Gasteiger partial charge in [0.2, 0.25) is 0 Å². The first-order valence-electron chi connectivity index (χ1n) is 8.97. The molecule has 1 aliphatic rings. The fourth-order valence-corrected chi connectivity index (χ4v) is 2.65. The number of carbonyl (C=O) groups is 1. The Morgan fingerprint density at radius 1 is 1.12 bits per heavy atom. The van der Waals surface area contributed by atoms with E-state index in [-0.39, 0.29) is 5.91 Å². The summed E-state index contributed by atoms with van der Waals surface area (Å²) in [5.74, 6) is 0.765. The number of hydrogen-bond acceptors (Lipinski definition) is 2. The van der Waals surface area contributed by atoms with Crippen LogP contribution in [-0.2, 0) is 17.6 Å². The van der Waals surface area contributed by atoms with E-state index in [0.29, 0.717) is 18.6 Å². The molecule has 3 heteroatoms. The Labute approximate surface area is 150 Å². The smallest absolute Gasteiger partial charge is 0.254 e. The molecule has 0 saturated carbocycles. The summed E-state index contributed by atoms with van der Waals surface area (Å²) in [7, 11) is 0. The standard InChI is InChI=1S/C20H21NO2.C2H6/c1-3-15-5-9-18(10-6-15)21-20(22)17-8-7-16-12-14(2)4-11-19(16)23-13-17;1-2/h4-6,8-12H,3,7,13H2,1-2H3,(H,21,22);1-2H3. The summed E-state index contributed by atoms with van der Waals surface area (Å²) in [6.45, 7) is 8.47. The lowest BCUT2D eigenvalue weighted by atomic mass is 10.1. The molecule has 0 radical (unpaired) electrons. The van der Waals surface area contributed by atoms with Gasteiger partial charge in [-0.25, -0.2) is 0 Å². The lowest BCUT2D eigenvalue weighted by Crippen LogP contribution is -2.18. The van der Waals surface area contributed by atoms with Crippen molar-refractivity contribution in [2.24, 2.45) is 0 Å². The average molecular weight is 337 g/mol. The van der Waals surface area contributed by atoms with Crippen molar-refractivity contribution in [3.05, 3.63) is 70.8 Å². The van der Waals surface area contributed by atoms with Crippen molar-refractivity contribution >= 4 is 11.6 Å². The number of benzene rings is 2. The van der Waals surface area contributed by atoms with Gasteiger partial charge in [-0.1, -0.05) is 56.7 Å². The lowest BCUT2D eigenvalue weighted by molar-refractivity contribution is -0.113. The summed E-state index contributed by atoms with van der Waals surface area (Å²) < 4.78 is 5.78. The maximum absolute atomic E-state index is 12.4. The summed E-state index contributed by atoms with van der Waals surface area (Å²) in [6, 6.07) is 14.1. The van der Waals surface area contributed by atoms with Crippen LogP contribution < -0.4 is 10.1 Å². The molecule has 0 aromatic heterocycles. The summed E-state index contributed by atoms with van der Waals surface area (Å²) in [4.78, 5) is 12.4. The van der Waals surface area contributed by atoms with Crippen LogP contribution in [0.25, 0.3) is 0 Å². The van der Waals surface area contributed by atoms with Crippen molar-refractivity contribution in [1.29, 1.82) is 0 Å². The van der Waals surface area contributed by atoms with Gasteiger partial charge in [0, 0.05) is 5.69 Å². The molecule has 0 fully saturated rings. The Morgan fingerprint density at radius 2 is 1.84 bits per heavy atom. The fourth-order valence-electron chi connectivity index (χ4n) is 2.65. The van der Waals surface area contributed by atoms with Crippen molar-refractivity contribution in [3.8, 4) is 5.75 Å². The summed E-state index contributed by atoms with van der Waals surface area (Å²) >= 11 is 0. The number of aryl methyl sites for hydroxylation is 2. The number of anilines is 1. The zero-order chi connectivity index (χ0) is 18.2. The third-order valence-electron chi connectivity index (χ3n) is 4.08. The largest absolute Gasteiger partial charge is 0.488 e. The zero-order valence-corrected chi connectivity index (χ0v) is 15.6. The molecule has 2 aromatic rings. The highest BCUT2D eigenvalue weighted by molar-refractivity contribution is 6.04. The molecular formula is C22H27NO2. The predicted molar refractivity (Wildman–Crippen MR) is 104 cm³/mol. The van der Waals surface area contributed by atoms with Crippen LogP contribution in [0.3, 0.4) is 0 Å². The van der Waals surface area contributed by atoms with E-state index in [0.717, 1.165) is 23.4 Å². The third-order valence-corrected chi connectivity index (χ3v) is 4.08. The van der Waals surface area contributed by atoms with Crippen molar-refractivity contribution < 1.29 is 9.53 Å². The minimum absolute atomic E-state index is 0.0984. The molecule has 0 unspecified atom stereocenters. The highest BCUT2D eigenvalue weighted by atomic mass is 16.5. The van der Waals surface area contributed by atoms with Crippen LogP contribution in [0.15, 0.2) is 54.1 Å². The molecule has 0 aliphatic carbocycles. The van der Waals surface area contributed by atoms with E-state index in [2.05, 4.69) is 25.2 Å². The van der Waals surface area contributed by atoms with Crippen LogP contribution >= 0.6 is 0 Å². The number of ether oxygens (including phenoxy) is 1. The Hall–Kier alpha value is -2.55. The van der Waals surface area contributed by atoms with Crippen LogP contribution in [0, 0.1) is 6.92 Å². The molecular weight excluding hydrogens is 310 g/mol. The van der Waals surface area contributed by atoms with Gasteiger partial charge in [0.25, 0.3) is 5.91 Å². The van der Waals surface area contributed by atoms with Crippen LogP contribution in [0.2, 0.25) is 0 Å². The van der Waals surface area contributed by atoms with Gasteiger partial charge in [-0.05, 0) is 49.1 Å². The number of carbonyl (C=O) groups excluding carboxylic acids is 1. The molecule has 3 rings (SSSR count). The second-order valence-electron chi connectivity index (χ2n) is 5.84. The molecule has 0 atom stereocenters. The van der Waals surface area contributed by atoms with Crippen LogP contribution in [-0.4, -0.2) is 12.5 Å². The van der Waals surface area contributed by atoms with Gasteiger partial charge in [0.05, 0.1) is 5.57 Å². The van der Waals surface area contributed by atoms with E-state index in [1.165, 1.54) is 11.1 Å². The second-order valence-corrected chi connectivity index (χ2v) is 5.84. The summed E-state index contributed by atoms with van der Waals surface area (Å²) in [5, 5.41) is 2.94. The number of amides is 1. The SMILES string of the molecule is CC.CCc1ccc(NC(=O)C2=CCc3cc(C)ccc3OC2)cc1. The molecule has 0 bridgehead atoms. The van der Waals surface area contributed by atoms with Gasteiger partial charge in [-0.2, -0.15) is 0 Å². The zero-order valence-electron chi connectivity index (χ0n) is 15.6. The lowest BCUT2D eigenvalue weighted by Gasteiger charge is -2.10. The van der Waals surface area contributed by atoms with E-state index in [1.54, 1.807) is 0 Å². The fraction of sp³-hybridized carbons (Fsp3) is 0.318. The summed E-state index contributed by atoms with van der Waals surface area (Å²) in [5.41, 5.74) is 5.06. The molecule has 0 spiro atoms. The van der Waals surface area contributed by atoms with E-state index >= 15 is 0 Å². The van der Waals surface area contributed by atoms with Crippen molar-refractivity contribution in [2.45, 2.75) is 40.5 Å². The molecule has 3 nitrogen and oxygen atoms in total. The minimum atomic E-state index is -0.0984. The van der Waals surface area contributed by atoms with E-state index in [9.17, 15) is 4.79 Å². The van der Waals surface area contributed by atoms with Gasteiger partial charge in [-0.3, -0.25) is 4.79 Å². The van der Waals surface area contributed by atoms with Gasteiger partial charge in [0.15, 0.2) is 0 Å². The number of rotatable bonds is 3. The Balaban J connectivity index is 0.00000109. The topological polar surface area (TPSA) is 38.3 Å². The van der Waals surface area contributed by atoms with Gasteiger partial charge in [-0.15, -0.1) is 0 Å². The van der Waals surface area contributed by atoms with Crippen LogP contribution in [0.1, 0.15) is 37.5 Å². The normalized spacial score (nSPS) is 12.6. The molecule has 1 amide bonds. The van der Waals surface area contributed by atoms with E-state index in [4.69, 9.17) is 4.74 Å². The molecule has 25 heavy (non-hydrogen) atoms. The Kier molecular flexibility index (Phi) is 6.81. The second kappa shape index (κ2) is 9.07. The maximum atomic E-state index is 12.4. The first-order valence-corrected chi connectivity index (χ1v) is 8.97. The Bertz CT molecular complexity index is 745. The van der Waals surface area contributed by atoms with Crippen LogP contribution in [0.5, 0.6) is 5.75 Å². The molecule has 0 saturated heterocycles. The number of hydrogen-bond donors (Lipinski definition) is 1. The van der Waals surface area contributed by atoms with Gasteiger partial charge >= 0.3 is 0 Å². The monoisotopic (exact) mass is 337 g/mol. The highest BCUT2D eigenvalue weighted by Gasteiger charge is 2.15. The van der Waals surface area contributed by atoms with Gasteiger partial charge < -0.3 is 10.1 Å². The highest BCUT2D eigenvalue weighted by Crippen LogP contribution is 2.25. The number of nitrogens with one attached hydrogen (secondary N) is 1. The first kappa shape index (κ1) is 18.8. The minimum Gasteiger partial charge on any atom is -0.488 e. The molecule has 1 heterocycles. The molecule has 1 aliphatic heterocycles. The molecule has 132 valence electrons. The van der Waals surface area contributed by atoms with Gasteiger partial charge in [0.1, 0.15) is 12.4 Å². The molecule has 2 aromatic carbocycles. The quantitative estimate of drug-likeness (QED) is 0.848. The summed E-state index contributed by atoms with van der Waals surface area (Å²) in [6.07, 6.45) is 3.67. The van der Waals surface area contributed by atoms with E-state index < -0.39 is 0 Å². The van der Waals surface area contributed by atoms with Crippen molar-refractivity contribution in [1.82, 2.24) is 0 Å². The number of allylic oxidation sites excluding steroid dienone is 1. The van der Waals surface area contributed by atoms with Crippen molar-refractivity contribution in [2.75, 3.05) is 11.9 Å². The maximum Gasteiger partial charge on any atom is 0.254 e. The van der Waals surface area contributed by atoms with E-state index in [1.807, 2.05) is 56.3 Å².